The van der Waals surface area contributed by atoms with Gasteiger partial charge in [0, 0.05) is 20.1 Å². The first-order chi connectivity index (χ1) is 9.62. The zero-order valence-electron chi connectivity index (χ0n) is 12.1. The second-order valence-corrected chi connectivity index (χ2v) is 6.08. The van der Waals surface area contributed by atoms with Crippen LogP contribution in [0.1, 0.15) is 32.1 Å². The smallest absolute Gasteiger partial charge is 0.247 e. The summed E-state index contributed by atoms with van der Waals surface area (Å²) in [4.78, 5) is 17.0. The third-order valence-electron chi connectivity index (χ3n) is 4.66. The SMILES string of the molecule is CN1CCN(C(=O)C2(N)CCCCC2)c2ccccc21. The van der Waals surface area contributed by atoms with E-state index in [0.29, 0.717) is 0 Å². The van der Waals surface area contributed by atoms with Crippen LogP contribution in [-0.4, -0.2) is 31.6 Å². The minimum Gasteiger partial charge on any atom is -0.371 e. The van der Waals surface area contributed by atoms with Gasteiger partial charge in [0.25, 0.3) is 0 Å². The van der Waals surface area contributed by atoms with Gasteiger partial charge in [-0.2, -0.15) is 0 Å². The quantitative estimate of drug-likeness (QED) is 0.853. The van der Waals surface area contributed by atoms with E-state index in [1.165, 1.54) is 6.42 Å². The van der Waals surface area contributed by atoms with Crippen molar-refractivity contribution in [3.8, 4) is 0 Å². The molecule has 0 atom stereocenters. The van der Waals surface area contributed by atoms with E-state index in [1.54, 1.807) is 0 Å². The predicted octanol–water partition coefficient (Wildman–Crippen LogP) is 2.13. The lowest BCUT2D eigenvalue weighted by Gasteiger charge is -2.41. The Bertz CT molecular complexity index is 508. The van der Waals surface area contributed by atoms with Crippen LogP contribution in [0.15, 0.2) is 24.3 Å². The highest BCUT2D eigenvalue weighted by atomic mass is 16.2. The summed E-state index contributed by atoms with van der Waals surface area (Å²) in [6, 6.07) is 8.10. The molecular formula is C16H23N3O. The van der Waals surface area contributed by atoms with Crippen LogP contribution in [0, 0.1) is 0 Å². The van der Waals surface area contributed by atoms with Gasteiger partial charge < -0.3 is 15.5 Å². The number of carbonyl (C=O) groups is 1. The maximum absolute atomic E-state index is 12.9. The molecule has 1 saturated carbocycles. The van der Waals surface area contributed by atoms with Gasteiger partial charge in [0.2, 0.25) is 5.91 Å². The molecule has 2 N–H and O–H groups in total. The fraction of sp³-hybridized carbons (Fsp3) is 0.562. The lowest BCUT2D eigenvalue weighted by atomic mass is 9.81. The number of fused-ring (bicyclic) bond motifs is 1. The number of nitrogens with zero attached hydrogens (tertiary/aromatic N) is 2. The molecule has 4 nitrogen and oxygen atoms in total. The van der Waals surface area contributed by atoms with Crippen LogP contribution in [0.25, 0.3) is 0 Å². The maximum Gasteiger partial charge on any atom is 0.247 e. The van der Waals surface area contributed by atoms with E-state index >= 15 is 0 Å². The zero-order valence-corrected chi connectivity index (χ0v) is 12.1. The third-order valence-corrected chi connectivity index (χ3v) is 4.66. The van der Waals surface area contributed by atoms with Crippen molar-refractivity contribution >= 4 is 17.3 Å². The van der Waals surface area contributed by atoms with Crippen molar-refractivity contribution < 1.29 is 4.79 Å². The lowest BCUT2D eigenvalue weighted by Crippen LogP contribution is -2.58. The summed E-state index contributed by atoms with van der Waals surface area (Å²) in [5, 5.41) is 0. The van der Waals surface area contributed by atoms with Crippen molar-refractivity contribution in [2.45, 2.75) is 37.6 Å². The van der Waals surface area contributed by atoms with Crippen LogP contribution < -0.4 is 15.5 Å². The molecule has 0 radical (unpaired) electrons. The molecule has 2 aliphatic rings. The number of para-hydroxylation sites is 2. The molecule has 0 saturated heterocycles. The molecule has 108 valence electrons. The summed E-state index contributed by atoms with van der Waals surface area (Å²) in [6.07, 6.45) is 4.97. The molecule has 0 aromatic heterocycles. The average molecular weight is 273 g/mol. The Morgan fingerprint density at radius 2 is 1.75 bits per heavy atom. The number of hydrogen-bond donors (Lipinski definition) is 1. The van der Waals surface area contributed by atoms with Crippen molar-refractivity contribution in [3.63, 3.8) is 0 Å². The number of carbonyl (C=O) groups excluding carboxylic acids is 1. The zero-order chi connectivity index (χ0) is 14.2. The highest BCUT2D eigenvalue weighted by molar-refractivity contribution is 6.03. The van der Waals surface area contributed by atoms with Crippen LogP contribution in [0.3, 0.4) is 0 Å². The van der Waals surface area contributed by atoms with Crippen LogP contribution in [0.2, 0.25) is 0 Å². The van der Waals surface area contributed by atoms with E-state index in [4.69, 9.17) is 5.73 Å². The molecule has 4 heteroatoms. The molecule has 1 aromatic carbocycles. The number of rotatable bonds is 1. The van der Waals surface area contributed by atoms with Crippen molar-refractivity contribution in [2.24, 2.45) is 5.73 Å². The summed E-state index contributed by atoms with van der Waals surface area (Å²) in [7, 11) is 2.07. The van der Waals surface area contributed by atoms with Gasteiger partial charge in [0.15, 0.2) is 0 Å². The lowest BCUT2D eigenvalue weighted by molar-refractivity contribution is -0.124. The molecule has 1 aliphatic carbocycles. The van der Waals surface area contributed by atoms with Gasteiger partial charge in [0.1, 0.15) is 0 Å². The Labute approximate surface area is 120 Å². The molecule has 1 aliphatic heterocycles. The number of likely N-dealkylation sites (N-methyl/N-ethyl adjacent to an activating group) is 1. The number of anilines is 2. The minimum absolute atomic E-state index is 0.109. The van der Waals surface area contributed by atoms with Gasteiger partial charge in [-0.3, -0.25) is 4.79 Å². The molecule has 1 amide bonds. The van der Waals surface area contributed by atoms with Gasteiger partial charge in [-0.1, -0.05) is 31.4 Å². The van der Waals surface area contributed by atoms with E-state index < -0.39 is 5.54 Å². The second-order valence-electron chi connectivity index (χ2n) is 6.08. The highest BCUT2D eigenvalue weighted by Crippen LogP contribution is 2.35. The van der Waals surface area contributed by atoms with Gasteiger partial charge in [-0.05, 0) is 25.0 Å². The summed E-state index contributed by atoms with van der Waals surface area (Å²) in [6.45, 7) is 1.59. The summed E-state index contributed by atoms with van der Waals surface area (Å²) < 4.78 is 0. The Balaban J connectivity index is 1.91. The summed E-state index contributed by atoms with van der Waals surface area (Å²) in [5.41, 5.74) is 7.89. The topological polar surface area (TPSA) is 49.6 Å². The molecule has 1 aromatic rings. The Morgan fingerprint density at radius 1 is 1.10 bits per heavy atom. The molecule has 1 fully saturated rings. The fourth-order valence-electron chi connectivity index (χ4n) is 3.38. The molecule has 0 spiro atoms. The van der Waals surface area contributed by atoms with Crippen molar-refractivity contribution in [3.05, 3.63) is 24.3 Å². The first kappa shape index (κ1) is 13.4. The van der Waals surface area contributed by atoms with Crippen LogP contribution >= 0.6 is 0 Å². The fourth-order valence-corrected chi connectivity index (χ4v) is 3.38. The molecule has 20 heavy (non-hydrogen) atoms. The third kappa shape index (κ3) is 2.18. The van der Waals surface area contributed by atoms with E-state index in [9.17, 15) is 4.79 Å². The first-order valence-corrected chi connectivity index (χ1v) is 7.53. The number of nitrogens with two attached hydrogens (primary N) is 1. The monoisotopic (exact) mass is 273 g/mol. The van der Waals surface area contributed by atoms with E-state index in [0.717, 1.165) is 50.1 Å². The van der Waals surface area contributed by atoms with Crippen molar-refractivity contribution in [2.75, 3.05) is 29.9 Å². The van der Waals surface area contributed by atoms with E-state index in [1.807, 2.05) is 23.1 Å². The summed E-state index contributed by atoms with van der Waals surface area (Å²) >= 11 is 0. The Morgan fingerprint density at radius 3 is 2.45 bits per heavy atom. The van der Waals surface area contributed by atoms with Crippen LogP contribution in [-0.2, 0) is 4.79 Å². The van der Waals surface area contributed by atoms with E-state index in [-0.39, 0.29) is 5.91 Å². The molecular weight excluding hydrogens is 250 g/mol. The van der Waals surface area contributed by atoms with Crippen LogP contribution in [0.5, 0.6) is 0 Å². The maximum atomic E-state index is 12.9. The predicted molar refractivity (Wildman–Crippen MR) is 82.1 cm³/mol. The second kappa shape index (κ2) is 5.09. The number of amides is 1. The Kier molecular flexibility index (Phi) is 3.42. The van der Waals surface area contributed by atoms with Gasteiger partial charge in [-0.25, -0.2) is 0 Å². The first-order valence-electron chi connectivity index (χ1n) is 7.53. The summed E-state index contributed by atoms with van der Waals surface area (Å²) in [5.74, 6) is 0.109. The normalized spacial score (nSPS) is 21.5. The standard InChI is InChI=1S/C16H23N3O/c1-18-11-12-19(14-8-4-3-7-13(14)18)15(20)16(17)9-5-2-6-10-16/h3-4,7-8H,2,5-6,9-12,17H2,1H3. The number of hydrogen-bond acceptors (Lipinski definition) is 3. The van der Waals surface area contributed by atoms with Gasteiger partial charge in [0.05, 0.1) is 16.9 Å². The molecule has 0 bridgehead atoms. The van der Waals surface area contributed by atoms with Gasteiger partial charge >= 0.3 is 0 Å². The highest BCUT2D eigenvalue weighted by Gasteiger charge is 2.40. The van der Waals surface area contributed by atoms with Crippen molar-refractivity contribution in [1.82, 2.24) is 0 Å². The van der Waals surface area contributed by atoms with Gasteiger partial charge in [-0.15, -0.1) is 0 Å². The van der Waals surface area contributed by atoms with Crippen molar-refractivity contribution in [1.29, 1.82) is 0 Å². The average Bonchev–Trinajstić information content (AvgIpc) is 2.48. The largest absolute Gasteiger partial charge is 0.371 e. The van der Waals surface area contributed by atoms with Crippen LogP contribution in [0.4, 0.5) is 11.4 Å². The Hall–Kier alpha value is -1.55. The van der Waals surface area contributed by atoms with E-state index in [2.05, 4.69) is 18.0 Å². The molecule has 0 unspecified atom stereocenters. The number of benzene rings is 1. The minimum atomic E-state index is -0.652. The molecule has 3 rings (SSSR count). The molecule has 1 heterocycles.